The van der Waals surface area contributed by atoms with E-state index in [-0.39, 0.29) is 48.9 Å². The molecule has 29 heavy (non-hydrogen) atoms. The summed E-state index contributed by atoms with van der Waals surface area (Å²) in [5, 5.41) is 3.28. The van der Waals surface area contributed by atoms with E-state index in [2.05, 4.69) is 15.2 Å². The molecule has 2 fully saturated rings. The molecule has 0 radical (unpaired) electrons. The van der Waals surface area contributed by atoms with E-state index in [4.69, 9.17) is 10.5 Å². The van der Waals surface area contributed by atoms with E-state index in [0.717, 1.165) is 30.6 Å². The van der Waals surface area contributed by atoms with E-state index in [9.17, 15) is 13.2 Å². The summed E-state index contributed by atoms with van der Waals surface area (Å²) in [6, 6.07) is 8.46. The zero-order valence-electron chi connectivity index (χ0n) is 16.2. The maximum absolute atomic E-state index is 12.8. The molecular formula is C20H28F3IN4O. The SMILES string of the molecule is I.NC(=NC1CCOc2ccccc21)NC1CC(N2CCC(C(F)(F)F)CC2)C1. The van der Waals surface area contributed by atoms with Crippen LogP contribution >= 0.6 is 24.0 Å². The van der Waals surface area contributed by atoms with Crippen LogP contribution in [0.4, 0.5) is 13.2 Å². The Kier molecular flexibility index (Phi) is 7.19. The lowest BCUT2D eigenvalue weighted by Gasteiger charge is -2.46. The highest BCUT2D eigenvalue weighted by Crippen LogP contribution is 2.37. The van der Waals surface area contributed by atoms with Gasteiger partial charge in [0, 0.05) is 24.1 Å². The molecule has 2 heterocycles. The number of ether oxygens (including phenoxy) is 1. The van der Waals surface area contributed by atoms with Crippen molar-refractivity contribution in [3.05, 3.63) is 29.8 Å². The topological polar surface area (TPSA) is 62.9 Å². The number of benzene rings is 1. The molecular weight excluding hydrogens is 496 g/mol. The van der Waals surface area contributed by atoms with Crippen molar-refractivity contribution >= 4 is 29.9 Å². The molecule has 1 aromatic carbocycles. The molecule has 0 bridgehead atoms. The fraction of sp³-hybridized carbons (Fsp3) is 0.650. The fourth-order valence-corrected chi connectivity index (χ4v) is 4.47. The van der Waals surface area contributed by atoms with Gasteiger partial charge in [-0.1, -0.05) is 18.2 Å². The van der Waals surface area contributed by atoms with Gasteiger partial charge >= 0.3 is 6.18 Å². The van der Waals surface area contributed by atoms with Crippen LogP contribution in [0.5, 0.6) is 5.75 Å². The van der Waals surface area contributed by atoms with Gasteiger partial charge in [0.1, 0.15) is 5.75 Å². The van der Waals surface area contributed by atoms with Crippen LogP contribution in [0.1, 0.15) is 43.7 Å². The Morgan fingerprint density at radius 3 is 2.52 bits per heavy atom. The smallest absolute Gasteiger partial charge is 0.391 e. The van der Waals surface area contributed by atoms with Crippen molar-refractivity contribution in [2.75, 3.05) is 19.7 Å². The summed E-state index contributed by atoms with van der Waals surface area (Å²) in [4.78, 5) is 6.84. The summed E-state index contributed by atoms with van der Waals surface area (Å²) in [6.45, 7) is 1.69. The van der Waals surface area contributed by atoms with E-state index in [1.807, 2.05) is 24.3 Å². The minimum absolute atomic E-state index is 0. The normalized spacial score (nSPS) is 28.5. The molecule has 0 amide bonds. The minimum atomic E-state index is -4.05. The molecule has 3 aliphatic rings. The summed E-state index contributed by atoms with van der Waals surface area (Å²) in [7, 11) is 0. The first-order valence-electron chi connectivity index (χ1n) is 10.0. The fourth-order valence-electron chi connectivity index (χ4n) is 4.47. The molecule has 1 unspecified atom stereocenters. The molecule has 9 heteroatoms. The lowest BCUT2D eigenvalue weighted by Crippen LogP contribution is -2.57. The van der Waals surface area contributed by atoms with Crippen LogP contribution in [0, 0.1) is 5.92 Å². The monoisotopic (exact) mass is 524 g/mol. The van der Waals surface area contributed by atoms with Gasteiger partial charge in [-0.25, -0.2) is 4.99 Å². The minimum Gasteiger partial charge on any atom is -0.493 e. The second kappa shape index (κ2) is 9.28. The molecule has 2 aliphatic heterocycles. The number of nitrogens with zero attached hydrogens (tertiary/aromatic N) is 2. The third-order valence-corrected chi connectivity index (χ3v) is 6.20. The molecule has 4 rings (SSSR count). The number of rotatable bonds is 3. The molecule has 162 valence electrons. The van der Waals surface area contributed by atoms with Gasteiger partial charge in [-0.2, -0.15) is 13.2 Å². The lowest BCUT2D eigenvalue weighted by atomic mass is 9.83. The number of aliphatic imine (C=N–C) groups is 1. The van der Waals surface area contributed by atoms with Gasteiger partial charge in [-0.3, -0.25) is 0 Å². The molecule has 1 aromatic rings. The van der Waals surface area contributed by atoms with Crippen LogP contribution in [0.25, 0.3) is 0 Å². The highest BCUT2D eigenvalue weighted by atomic mass is 127. The average molecular weight is 524 g/mol. The van der Waals surface area contributed by atoms with Gasteiger partial charge in [0.05, 0.1) is 18.6 Å². The summed E-state index contributed by atoms with van der Waals surface area (Å²) >= 11 is 0. The van der Waals surface area contributed by atoms with Gasteiger partial charge in [-0.05, 0) is 44.8 Å². The quantitative estimate of drug-likeness (QED) is 0.359. The number of nitrogens with one attached hydrogen (secondary N) is 1. The van der Waals surface area contributed by atoms with Gasteiger partial charge in [0.15, 0.2) is 5.96 Å². The molecule has 1 saturated heterocycles. The molecule has 0 spiro atoms. The summed E-state index contributed by atoms with van der Waals surface area (Å²) in [6.07, 6.45) is -1.03. The first kappa shape index (κ1) is 22.5. The third kappa shape index (κ3) is 5.28. The zero-order chi connectivity index (χ0) is 19.7. The van der Waals surface area contributed by atoms with E-state index in [1.54, 1.807) is 0 Å². The number of piperidine rings is 1. The maximum Gasteiger partial charge on any atom is 0.391 e. The Labute approximate surface area is 186 Å². The van der Waals surface area contributed by atoms with E-state index >= 15 is 0 Å². The van der Waals surface area contributed by atoms with Gasteiger partial charge < -0.3 is 20.7 Å². The highest BCUT2D eigenvalue weighted by molar-refractivity contribution is 14.0. The van der Waals surface area contributed by atoms with Gasteiger partial charge in [0.2, 0.25) is 0 Å². The predicted octanol–water partition coefficient (Wildman–Crippen LogP) is 3.84. The zero-order valence-corrected chi connectivity index (χ0v) is 18.5. The standard InChI is InChI=1S/C20H27F3N4O.HI/c21-20(22,23)13-5-8-27(9-6-13)15-11-14(12-15)25-19(24)26-17-7-10-28-18-4-2-1-3-16(17)18;/h1-4,13-15,17H,5-12H2,(H3,24,25,26);1H. The van der Waals surface area contributed by atoms with Crippen molar-refractivity contribution < 1.29 is 17.9 Å². The van der Waals surface area contributed by atoms with Crippen LogP contribution in [-0.2, 0) is 0 Å². The van der Waals surface area contributed by atoms with Crippen LogP contribution < -0.4 is 15.8 Å². The summed E-state index contributed by atoms with van der Waals surface area (Å²) in [5.41, 5.74) is 7.17. The number of halogens is 4. The summed E-state index contributed by atoms with van der Waals surface area (Å²) < 4.78 is 44.0. The number of alkyl halides is 3. The van der Waals surface area contributed by atoms with Crippen LogP contribution in [0.15, 0.2) is 29.3 Å². The van der Waals surface area contributed by atoms with Gasteiger partial charge in [-0.15, -0.1) is 24.0 Å². The van der Waals surface area contributed by atoms with Crippen molar-refractivity contribution in [3.63, 3.8) is 0 Å². The molecule has 1 aliphatic carbocycles. The Morgan fingerprint density at radius 2 is 1.83 bits per heavy atom. The molecule has 0 aromatic heterocycles. The first-order valence-corrected chi connectivity index (χ1v) is 10.0. The Hall–Kier alpha value is -1.23. The average Bonchev–Trinajstić information content (AvgIpc) is 2.64. The number of para-hydroxylation sites is 1. The van der Waals surface area contributed by atoms with Crippen LogP contribution in [-0.4, -0.2) is 48.8 Å². The predicted molar refractivity (Wildman–Crippen MR) is 117 cm³/mol. The largest absolute Gasteiger partial charge is 0.493 e. The summed E-state index contributed by atoms with van der Waals surface area (Å²) in [5.74, 6) is 0.157. The second-order valence-electron chi connectivity index (χ2n) is 8.02. The molecule has 1 atom stereocenters. The molecule has 3 N–H and O–H groups in total. The highest BCUT2D eigenvalue weighted by Gasteiger charge is 2.43. The Balaban J connectivity index is 0.00000240. The van der Waals surface area contributed by atoms with Crippen molar-refractivity contribution in [1.29, 1.82) is 0 Å². The Bertz CT molecular complexity index is 716. The molecule has 1 saturated carbocycles. The van der Waals surface area contributed by atoms with E-state index in [1.165, 1.54) is 0 Å². The second-order valence-corrected chi connectivity index (χ2v) is 8.02. The number of nitrogens with two attached hydrogens (primary N) is 1. The van der Waals surface area contributed by atoms with Crippen LogP contribution in [0.3, 0.4) is 0 Å². The number of guanidine groups is 1. The number of hydrogen-bond acceptors (Lipinski definition) is 3. The molecule has 5 nitrogen and oxygen atoms in total. The van der Waals surface area contributed by atoms with Crippen molar-refractivity contribution in [2.45, 2.75) is 56.4 Å². The van der Waals surface area contributed by atoms with Crippen molar-refractivity contribution in [1.82, 2.24) is 10.2 Å². The van der Waals surface area contributed by atoms with E-state index in [0.29, 0.717) is 31.7 Å². The first-order chi connectivity index (χ1) is 13.4. The lowest BCUT2D eigenvalue weighted by molar-refractivity contribution is -0.187. The number of fused-ring (bicyclic) bond motifs is 1. The van der Waals surface area contributed by atoms with E-state index < -0.39 is 12.1 Å². The number of hydrogen-bond donors (Lipinski definition) is 2. The van der Waals surface area contributed by atoms with Crippen LogP contribution in [0.2, 0.25) is 0 Å². The Morgan fingerprint density at radius 1 is 1.14 bits per heavy atom. The van der Waals surface area contributed by atoms with Crippen molar-refractivity contribution in [2.24, 2.45) is 16.6 Å². The van der Waals surface area contributed by atoms with Gasteiger partial charge in [0.25, 0.3) is 0 Å². The maximum atomic E-state index is 12.8. The van der Waals surface area contributed by atoms with Crippen molar-refractivity contribution in [3.8, 4) is 5.75 Å². The number of likely N-dealkylation sites (tertiary alicyclic amines) is 1. The third-order valence-electron chi connectivity index (χ3n) is 6.20.